The van der Waals surface area contributed by atoms with Gasteiger partial charge in [-0.25, -0.2) is 20.4 Å². The third kappa shape index (κ3) is 8.99. The third-order valence-electron chi connectivity index (χ3n) is 14.7. The summed E-state index contributed by atoms with van der Waals surface area (Å²) in [6.45, 7) is 10.8. The van der Waals surface area contributed by atoms with Crippen LogP contribution in [-0.4, -0.2) is 109 Å². The van der Waals surface area contributed by atoms with Gasteiger partial charge in [0.05, 0.1) is 52.8 Å². The summed E-state index contributed by atoms with van der Waals surface area (Å²) in [6.07, 6.45) is 9.57. The number of fused-ring (bicyclic) bond motifs is 6. The molecule has 0 unspecified atom stereocenters. The molecular formula is C51H58N10O6S2. The Balaban J connectivity index is 1.05. The number of pyridine rings is 1. The van der Waals surface area contributed by atoms with Crippen molar-refractivity contribution in [3.63, 3.8) is 0 Å². The molecule has 2 saturated carbocycles. The topological polar surface area (TPSA) is 179 Å². The quantitative estimate of drug-likeness (QED) is 0.125. The van der Waals surface area contributed by atoms with Crippen LogP contribution >= 0.6 is 22.7 Å². The Morgan fingerprint density at radius 1 is 1.06 bits per heavy atom. The summed E-state index contributed by atoms with van der Waals surface area (Å²) < 4.78 is 21.5. The van der Waals surface area contributed by atoms with Crippen molar-refractivity contribution in [1.82, 2.24) is 50.1 Å². The number of nitrogens with zero attached hydrogens (tertiary/aromatic N) is 8. The number of thiazole rings is 2. The van der Waals surface area contributed by atoms with Gasteiger partial charge in [-0.1, -0.05) is 26.8 Å². The van der Waals surface area contributed by atoms with Crippen molar-refractivity contribution in [3.8, 4) is 22.5 Å². The molecule has 5 aromatic heterocycles. The number of carbonyl (C=O) groups is 3. The van der Waals surface area contributed by atoms with Gasteiger partial charge in [-0.05, 0) is 80.8 Å². The summed E-state index contributed by atoms with van der Waals surface area (Å²) in [6, 6.07) is 11.5. The van der Waals surface area contributed by atoms with Crippen molar-refractivity contribution >= 4 is 51.4 Å². The Kier molecular flexibility index (Phi) is 12.4. The van der Waals surface area contributed by atoms with Crippen LogP contribution in [0.25, 0.3) is 33.4 Å². The lowest BCUT2D eigenvalue weighted by Crippen LogP contribution is -2.61. The highest BCUT2D eigenvalue weighted by molar-refractivity contribution is 7.10. The van der Waals surface area contributed by atoms with E-state index in [-0.39, 0.29) is 43.1 Å². The zero-order chi connectivity index (χ0) is 47.6. The number of methoxy groups -OCH3 is 1. The second kappa shape index (κ2) is 18.7. The first kappa shape index (κ1) is 45.9. The van der Waals surface area contributed by atoms with Crippen molar-refractivity contribution in [2.24, 2.45) is 17.3 Å². The number of hydrazine groups is 1. The highest BCUT2D eigenvalue weighted by Gasteiger charge is 2.54. The molecule has 2 amide bonds. The Labute approximate surface area is 409 Å². The molecule has 6 bridgehead atoms. The number of nitrogens with one attached hydrogen (secondary N) is 2. The average molecular weight is 971 g/mol. The number of ether oxygens (including phenoxy) is 3. The van der Waals surface area contributed by atoms with Crippen molar-refractivity contribution in [1.29, 1.82) is 0 Å². The van der Waals surface area contributed by atoms with Crippen molar-refractivity contribution in [2.75, 3.05) is 33.4 Å². The van der Waals surface area contributed by atoms with E-state index in [4.69, 9.17) is 24.2 Å². The molecule has 0 radical (unpaired) electrons. The largest absolute Gasteiger partial charge is 0.464 e. The molecule has 69 heavy (non-hydrogen) atoms. The molecule has 18 heteroatoms. The van der Waals surface area contributed by atoms with Gasteiger partial charge < -0.3 is 24.1 Å². The molecule has 7 atom stereocenters. The normalized spacial score (nSPS) is 25.7. The molecular weight excluding hydrogens is 913 g/mol. The standard InChI is InChI=1S/C51H58N10O6S2/c1-28-41(37-14-16-52-26-55-37)42(28)47(62)57-44-46(66-23-33-20-53-27-69-33)48-56-39(24-68-48)30-10-13-40-35(18-30)36(19-51(3,4)25-67-50(64)38-9-7-17-60(58-38)49(44)63)45(34-8-6-15-54-43(34)29(2)65-5)61(40)32-21-59(22-32)31-11-12-31/h6,8,10,13-16,18,20,24,26-29,31-32,38,41-42,44,46,58H,7,9,11-12,17,19,21-23,25H2,1-5H3,(H,57,62)/t28-,29-,38-,41-,42+,44-,46-/m0/s1. The van der Waals surface area contributed by atoms with E-state index in [2.05, 4.69) is 73.3 Å². The molecule has 2 saturated heterocycles. The van der Waals surface area contributed by atoms with Gasteiger partial charge in [-0.15, -0.1) is 22.7 Å². The van der Waals surface area contributed by atoms with Crippen LogP contribution in [0.2, 0.25) is 0 Å². The molecule has 0 spiro atoms. The van der Waals surface area contributed by atoms with Crippen molar-refractivity contribution < 1.29 is 28.6 Å². The van der Waals surface area contributed by atoms with Gasteiger partial charge in [0.1, 0.15) is 29.5 Å². The highest BCUT2D eigenvalue weighted by atomic mass is 32.1. The second-order valence-corrected chi connectivity index (χ2v) is 22.0. The predicted molar refractivity (Wildman–Crippen MR) is 261 cm³/mol. The summed E-state index contributed by atoms with van der Waals surface area (Å²) in [7, 11) is 1.72. The summed E-state index contributed by atoms with van der Waals surface area (Å²) >= 11 is 2.83. The van der Waals surface area contributed by atoms with Crippen LogP contribution in [0.5, 0.6) is 0 Å². The molecule has 16 nitrogen and oxygen atoms in total. The third-order valence-corrected chi connectivity index (χ3v) is 16.4. The van der Waals surface area contributed by atoms with E-state index in [1.54, 1.807) is 25.0 Å². The van der Waals surface area contributed by atoms with Gasteiger partial charge in [-0.2, -0.15) is 0 Å². The summed E-state index contributed by atoms with van der Waals surface area (Å²) in [5.41, 5.74) is 12.1. The minimum absolute atomic E-state index is 0.0153. The van der Waals surface area contributed by atoms with Crippen LogP contribution in [0.3, 0.4) is 0 Å². The lowest BCUT2D eigenvalue weighted by Gasteiger charge is -2.42. The number of amides is 2. The van der Waals surface area contributed by atoms with Gasteiger partial charge in [-0.3, -0.25) is 34.3 Å². The monoisotopic (exact) mass is 970 g/mol. The zero-order valence-electron chi connectivity index (χ0n) is 39.5. The average Bonchev–Trinajstić information content (AvgIpc) is 4.10. The maximum Gasteiger partial charge on any atom is 0.324 e. The second-order valence-electron chi connectivity index (χ2n) is 20.1. The number of esters is 1. The highest BCUT2D eigenvalue weighted by Crippen LogP contribution is 2.53. The van der Waals surface area contributed by atoms with Crippen LogP contribution in [0, 0.1) is 17.3 Å². The maximum atomic E-state index is 15.1. The SMILES string of the molecule is CO[C@@H](C)c1ncccc1-c1c2c3cc(ccc3n1C1CN(C3CC3)C1)-c1csc(n1)[C@@H](OCc1cncs1)[C@H](NC(=O)[C@@H]1[C@@H](C)[C@H]1c1ccncn1)C(=O)N1CCC[C@H](N1)C(=O)OCC(C)(C)C2. The van der Waals surface area contributed by atoms with Crippen LogP contribution in [0.15, 0.2) is 72.2 Å². The molecule has 360 valence electrons. The first-order valence-corrected chi connectivity index (χ1v) is 25.9. The number of hydrogen-bond donors (Lipinski definition) is 2. The lowest BCUT2D eigenvalue weighted by molar-refractivity contribution is -0.157. The molecule has 3 aliphatic heterocycles. The molecule has 6 aromatic rings. The van der Waals surface area contributed by atoms with E-state index in [1.807, 2.05) is 37.6 Å². The van der Waals surface area contributed by atoms with Gasteiger partial charge in [0.2, 0.25) is 5.91 Å². The van der Waals surface area contributed by atoms with Crippen LogP contribution in [0.4, 0.5) is 0 Å². The lowest BCUT2D eigenvalue weighted by atomic mass is 9.84. The predicted octanol–water partition coefficient (Wildman–Crippen LogP) is 7.21. The number of likely N-dealkylation sites (tertiary alicyclic amines) is 1. The van der Waals surface area contributed by atoms with Crippen molar-refractivity contribution in [2.45, 2.75) is 109 Å². The molecule has 4 fully saturated rings. The number of carbonyl (C=O) groups excluding carboxylic acids is 3. The fraction of sp³-hybridized carbons (Fsp3) is 0.490. The molecule has 2 aliphatic carbocycles. The van der Waals surface area contributed by atoms with E-state index in [0.29, 0.717) is 36.9 Å². The van der Waals surface area contributed by atoms with E-state index < -0.39 is 41.4 Å². The molecule has 2 N–H and O–H groups in total. The van der Waals surface area contributed by atoms with Crippen molar-refractivity contribution in [3.05, 3.63) is 99.0 Å². The van der Waals surface area contributed by atoms with E-state index >= 15 is 4.79 Å². The van der Waals surface area contributed by atoms with E-state index in [0.717, 1.165) is 68.3 Å². The smallest absolute Gasteiger partial charge is 0.324 e. The minimum atomic E-state index is -1.21. The molecule has 5 aliphatic rings. The zero-order valence-corrected chi connectivity index (χ0v) is 41.2. The van der Waals surface area contributed by atoms with E-state index in [1.165, 1.54) is 46.9 Å². The van der Waals surface area contributed by atoms with E-state index in [9.17, 15) is 9.59 Å². The summed E-state index contributed by atoms with van der Waals surface area (Å²) in [5.74, 6) is -1.73. The number of cyclic esters (lactones) is 1. The Morgan fingerprint density at radius 3 is 2.68 bits per heavy atom. The van der Waals surface area contributed by atoms with Crippen LogP contribution < -0.4 is 10.7 Å². The maximum absolute atomic E-state index is 15.1. The summed E-state index contributed by atoms with van der Waals surface area (Å²) in [5, 5.41) is 8.24. The summed E-state index contributed by atoms with van der Waals surface area (Å²) in [4.78, 5) is 70.3. The van der Waals surface area contributed by atoms with Gasteiger partial charge >= 0.3 is 5.97 Å². The fourth-order valence-electron chi connectivity index (χ4n) is 10.7. The first-order valence-electron chi connectivity index (χ1n) is 24.1. The number of hydrogen-bond acceptors (Lipinski definition) is 15. The molecule has 1 aromatic carbocycles. The Morgan fingerprint density at radius 2 is 1.91 bits per heavy atom. The minimum Gasteiger partial charge on any atom is -0.464 e. The first-order chi connectivity index (χ1) is 33.5. The Hall–Kier alpha value is -5.50. The molecule has 8 heterocycles. The Bertz CT molecular complexity index is 2860. The van der Waals surface area contributed by atoms with Gasteiger partial charge in [0, 0.05) is 102 Å². The number of aromatic nitrogens is 6. The van der Waals surface area contributed by atoms with Crippen LogP contribution in [-0.2, 0) is 41.6 Å². The van der Waals surface area contributed by atoms with Gasteiger partial charge in [0.25, 0.3) is 5.91 Å². The fourth-order valence-corrected chi connectivity index (χ4v) is 12.1. The van der Waals surface area contributed by atoms with Gasteiger partial charge in [0.15, 0.2) is 0 Å². The van der Waals surface area contributed by atoms with Crippen LogP contribution in [0.1, 0.15) is 104 Å². The number of benzene rings is 1. The molecule has 11 rings (SSSR count). The number of rotatable bonds is 11.